The van der Waals surface area contributed by atoms with E-state index in [2.05, 4.69) is 79.4 Å². The van der Waals surface area contributed by atoms with Crippen LogP contribution < -0.4 is 74.9 Å². The fourth-order valence-corrected chi connectivity index (χ4v) is 14.4. The molecule has 678 valence electrons. The minimum Gasteiger partial charge on any atom is -0.481 e. The van der Waals surface area contributed by atoms with Gasteiger partial charge < -0.3 is 90.2 Å². The topological polar surface area (TPSA) is 564 Å². The van der Waals surface area contributed by atoms with Crippen molar-refractivity contribution in [3.8, 4) is 0 Å². The highest BCUT2D eigenvalue weighted by molar-refractivity contribution is 5.95. The zero-order chi connectivity index (χ0) is 88.1. The van der Waals surface area contributed by atoms with Gasteiger partial charge >= 0.3 is 30.0 Å². The standard InChI is InChI=1S/C83H141N17O20/c1-3-29-63(101)54-61(56-76(112)113)80(116)93-58(2)67(102)55-60(31-16-24-49-89-72(107)39-15-14-30-59-43-44-64-77(59)97-83(120)95-64)79(115)91-51-23-7-12-38-71(106)87-47-21-5-10-36-69(104)85-45-19-4-9-35-68(103)86-46-20-6-11-37-70(105)88-48-22-8-13-40-74(109)94-65(78(84)114)33-17-25-50-90-73(108)41-27-32-62-57-100(99-98-62)53-26-18-34-66(81(117)118)96-82(119)92-52-28-42-75(110)111/h57-61,64-66,77H,3-56H2,1-2H3,(H2,84,114)(H,85,104)(H,86,103)(H,87,106)(H,88,105)(H,89,107)(H,90,108)(H,91,115)(H,93,116)(H,94,109)(H,110,111)(H,112,113)(H,117,118)(H2,92,96,119)(H2,95,97,120)/t58-,59+,60+,61-,64-,65-,66-,77+/m0/s1. The highest BCUT2D eigenvalue weighted by Crippen LogP contribution is 2.33. The van der Waals surface area contributed by atoms with Crippen LogP contribution in [0.4, 0.5) is 9.59 Å². The number of carbonyl (C=O) groups excluding carboxylic acids is 14. The Hall–Kier alpha value is -9.87. The number of nitrogens with two attached hydrogens (primary N) is 1. The molecule has 1 aliphatic carbocycles. The molecule has 1 saturated heterocycles. The minimum atomic E-state index is -1.25. The van der Waals surface area contributed by atoms with Crippen LogP contribution in [0.15, 0.2) is 6.20 Å². The van der Waals surface area contributed by atoms with E-state index in [4.69, 9.17) is 10.8 Å². The maximum atomic E-state index is 13.6. The van der Waals surface area contributed by atoms with Crippen molar-refractivity contribution in [1.29, 1.82) is 0 Å². The fraction of sp³-hybridized carbons (Fsp3) is 0.771. The summed E-state index contributed by atoms with van der Waals surface area (Å²) in [5, 5.41) is 72.3. The molecule has 18 N–H and O–H groups in total. The lowest BCUT2D eigenvalue weighted by Gasteiger charge is -2.21. The average molecular weight is 1700 g/mol. The van der Waals surface area contributed by atoms with Gasteiger partial charge in [0.1, 0.15) is 17.9 Å². The number of urea groups is 2. The largest absolute Gasteiger partial charge is 0.481 e. The number of carboxylic acid groups (broad SMARTS) is 3. The van der Waals surface area contributed by atoms with E-state index in [9.17, 15) is 91.7 Å². The van der Waals surface area contributed by atoms with Gasteiger partial charge in [-0.25, -0.2) is 14.4 Å². The van der Waals surface area contributed by atoms with Crippen molar-refractivity contribution >= 4 is 101 Å². The molecule has 1 aliphatic heterocycles. The van der Waals surface area contributed by atoms with Crippen LogP contribution in [0.5, 0.6) is 0 Å². The van der Waals surface area contributed by atoms with Crippen LogP contribution in [0, 0.1) is 17.8 Å². The van der Waals surface area contributed by atoms with Crippen molar-refractivity contribution in [2.75, 3.05) is 52.4 Å². The van der Waals surface area contributed by atoms with E-state index in [0.29, 0.717) is 231 Å². The van der Waals surface area contributed by atoms with Crippen molar-refractivity contribution in [3.63, 3.8) is 0 Å². The Balaban J connectivity index is 1.13. The van der Waals surface area contributed by atoms with Crippen LogP contribution in [-0.2, 0) is 84.9 Å². The van der Waals surface area contributed by atoms with E-state index in [0.717, 1.165) is 64.2 Å². The Morgan fingerprint density at radius 2 is 0.917 bits per heavy atom. The SMILES string of the molecule is CCCC(=O)C[C@@H](CC(=O)O)C(=O)N[C@@H](C)C(=O)C[C@@H](CCCCNC(=O)CCCC[C@@H]1CC[C@@H]2NC(=O)N[C@H]12)C(=O)NCCCCCC(=O)NCCCCCC(=O)NCCCCCC(=O)NCCCCCC(=O)NCCCCCC(=O)N[C@@H](CCCCNC(=O)CCCc1cn(CCCC[C@H](NC(=O)NCCCC(=O)O)C(=O)O)nn1)C(N)=O. The lowest BCUT2D eigenvalue weighted by atomic mass is 9.92. The number of carboxylic acids is 3. The number of ketones is 2. The van der Waals surface area contributed by atoms with Crippen molar-refractivity contribution in [1.82, 2.24) is 84.1 Å². The number of carbonyl (C=O) groups is 17. The third kappa shape index (κ3) is 51.6. The highest BCUT2D eigenvalue weighted by atomic mass is 16.4. The number of amides is 14. The molecule has 0 bridgehead atoms. The summed E-state index contributed by atoms with van der Waals surface area (Å²) in [4.78, 5) is 210. The van der Waals surface area contributed by atoms with Crippen LogP contribution >= 0.6 is 0 Å². The predicted molar refractivity (Wildman–Crippen MR) is 445 cm³/mol. The molecule has 2 fully saturated rings. The van der Waals surface area contributed by atoms with Crippen LogP contribution in [0.25, 0.3) is 0 Å². The number of hydrogen-bond acceptors (Lipinski definition) is 19. The van der Waals surface area contributed by atoms with Gasteiger partial charge in [-0.3, -0.25) is 71.8 Å². The third-order valence-corrected chi connectivity index (χ3v) is 21.3. The summed E-state index contributed by atoms with van der Waals surface area (Å²) < 4.78 is 1.63. The Kier molecular flexibility index (Phi) is 55.7. The van der Waals surface area contributed by atoms with Gasteiger partial charge in [-0.15, -0.1) is 5.10 Å². The lowest BCUT2D eigenvalue weighted by Crippen LogP contribution is -2.46. The lowest BCUT2D eigenvalue weighted by molar-refractivity contribution is -0.142. The maximum absolute atomic E-state index is 13.6. The second-order valence-electron chi connectivity index (χ2n) is 31.8. The molecule has 0 unspecified atom stereocenters. The zero-order valence-corrected chi connectivity index (χ0v) is 71.1. The highest BCUT2D eigenvalue weighted by Gasteiger charge is 2.42. The number of nitrogens with zero attached hydrogens (tertiary/aromatic N) is 3. The molecule has 0 spiro atoms. The van der Waals surface area contributed by atoms with Crippen molar-refractivity contribution in [2.45, 2.75) is 340 Å². The number of fused-ring (bicyclic) bond motifs is 1. The predicted octanol–water partition coefficient (Wildman–Crippen LogP) is 5.27. The van der Waals surface area contributed by atoms with Gasteiger partial charge in [0, 0.05) is 142 Å². The Bertz CT molecular complexity index is 3340. The number of Topliss-reactive ketones (excluding diaryl/α,β-unsaturated/α-hetero) is 2. The van der Waals surface area contributed by atoms with Gasteiger partial charge in [-0.2, -0.15) is 0 Å². The number of aliphatic carboxylic acids is 3. The normalized spacial score (nSPS) is 15.2. The molecule has 2 heterocycles. The number of rotatable bonds is 74. The van der Waals surface area contributed by atoms with Gasteiger partial charge in [0.15, 0.2) is 5.78 Å². The second-order valence-corrected chi connectivity index (χ2v) is 31.8. The first kappa shape index (κ1) is 104. The Morgan fingerprint density at radius 3 is 1.42 bits per heavy atom. The molecular formula is C83H141N17O20. The number of unbranched alkanes of at least 4 members (excludes halogenated alkanes) is 14. The van der Waals surface area contributed by atoms with E-state index < -0.39 is 77.9 Å². The monoisotopic (exact) mass is 1700 g/mol. The zero-order valence-electron chi connectivity index (χ0n) is 71.1. The molecule has 2 aliphatic rings. The Labute approximate surface area is 705 Å². The number of hydrogen-bond donors (Lipinski definition) is 17. The van der Waals surface area contributed by atoms with E-state index in [-0.39, 0.29) is 129 Å². The van der Waals surface area contributed by atoms with E-state index in [1.54, 1.807) is 17.8 Å². The molecule has 37 nitrogen and oxygen atoms in total. The van der Waals surface area contributed by atoms with E-state index in [1.807, 2.05) is 0 Å². The van der Waals surface area contributed by atoms with Crippen molar-refractivity contribution in [3.05, 3.63) is 11.9 Å². The first-order chi connectivity index (χ1) is 57.6. The number of aryl methyl sites for hydroxylation is 2. The van der Waals surface area contributed by atoms with Crippen LogP contribution in [-0.4, -0.2) is 213 Å². The molecule has 120 heavy (non-hydrogen) atoms. The molecular weight excluding hydrogens is 1560 g/mol. The average Bonchev–Trinajstić information content (AvgIpc) is 1.67. The molecule has 1 aromatic rings. The summed E-state index contributed by atoms with van der Waals surface area (Å²) in [6.45, 7) is 6.91. The van der Waals surface area contributed by atoms with Gasteiger partial charge in [0.25, 0.3) is 0 Å². The summed E-state index contributed by atoms with van der Waals surface area (Å²) >= 11 is 0. The van der Waals surface area contributed by atoms with Crippen LogP contribution in [0.1, 0.15) is 302 Å². The third-order valence-electron chi connectivity index (χ3n) is 21.3. The minimum absolute atomic E-state index is 0.0405. The molecule has 3 rings (SSSR count). The van der Waals surface area contributed by atoms with E-state index in [1.165, 1.54) is 6.92 Å². The smallest absolute Gasteiger partial charge is 0.326 e. The molecule has 0 radical (unpaired) electrons. The molecule has 37 heteroatoms. The Morgan fingerprint density at radius 1 is 0.450 bits per heavy atom. The van der Waals surface area contributed by atoms with Crippen LogP contribution in [0.2, 0.25) is 0 Å². The summed E-state index contributed by atoms with van der Waals surface area (Å²) in [5.41, 5.74) is 6.27. The van der Waals surface area contributed by atoms with Gasteiger partial charge in [0.2, 0.25) is 59.1 Å². The molecule has 14 amide bonds. The van der Waals surface area contributed by atoms with Crippen LogP contribution in [0.3, 0.4) is 0 Å². The van der Waals surface area contributed by atoms with Crippen molar-refractivity contribution < 1.29 is 96.8 Å². The summed E-state index contributed by atoms with van der Waals surface area (Å²) in [6, 6.07) is -3.46. The van der Waals surface area contributed by atoms with Gasteiger partial charge in [0.05, 0.1) is 36.2 Å². The quantitative estimate of drug-likeness (QED) is 0.0369. The summed E-state index contributed by atoms with van der Waals surface area (Å²) in [7, 11) is 0. The van der Waals surface area contributed by atoms with Gasteiger partial charge in [-0.05, 0) is 180 Å². The summed E-state index contributed by atoms with van der Waals surface area (Å²) in [6.07, 6.45) is 23.8. The molecule has 0 aromatic carbocycles. The fourth-order valence-electron chi connectivity index (χ4n) is 14.4. The maximum Gasteiger partial charge on any atom is 0.326 e. The molecule has 8 atom stereocenters. The van der Waals surface area contributed by atoms with Gasteiger partial charge in [-0.1, -0.05) is 57.1 Å². The molecule has 1 aromatic heterocycles. The first-order valence-electron chi connectivity index (χ1n) is 44.1. The number of primary amides is 1. The van der Waals surface area contributed by atoms with Crippen molar-refractivity contribution in [2.24, 2.45) is 23.5 Å². The summed E-state index contributed by atoms with van der Waals surface area (Å²) in [5.74, 6) is -8.06. The first-order valence-corrected chi connectivity index (χ1v) is 44.1. The number of aromatic nitrogens is 3. The molecule has 1 saturated carbocycles. The van der Waals surface area contributed by atoms with E-state index >= 15 is 0 Å². The second kappa shape index (κ2) is 64.1. The number of nitrogens with one attached hydrogen (secondary N) is 13.